The molecule has 5 aromatic rings. The van der Waals surface area contributed by atoms with Gasteiger partial charge >= 0.3 is 0 Å². The fraction of sp³-hybridized carbons (Fsp3) is 0.182. The van der Waals surface area contributed by atoms with Crippen molar-refractivity contribution in [3.8, 4) is 23.0 Å². The highest BCUT2D eigenvalue weighted by Crippen LogP contribution is 2.27. The number of aromatic nitrogens is 5. The van der Waals surface area contributed by atoms with E-state index in [9.17, 15) is 9.18 Å². The van der Waals surface area contributed by atoms with Crippen molar-refractivity contribution in [1.82, 2.24) is 24.1 Å². The zero-order valence-corrected chi connectivity index (χ0v) is 17.9. The molecule has 0 radical (unpaired) electrons. The van der Waals surface area contributed by atoms with Gasteiger partial charge in [0.25, 0.3) is 11.4 Å². The van der Waals surface area contributed by atoms with Crippen LogP contribution in [0.3, 0.4) is 0 Å². The van der Waals surface area contributed by atoms with Gasteiger partial charge in [0.2, 0.25) is 5.82 Å². The van der Waals surface area contributed by atoms with Gasteiger partial charge in [0.1, 0.15) is 23.4 Å². The van der Waals surface area contributed by atoms with Crippen LogP contribution < -0.4 is 5.56 Å². The zero-order chi connectivity index (χ0) is 22.4. The molecule has 10 heteroatoms. The minimum absolute atomic E-state index is 0.156. The van der Waals surface area contributed by atoms with Crippen LogP contribution in [0, 0.1) is 5.82 Å². The second-order valence-electron chi connectivity index (χ2n) is 7.35. The fourth-order valence-corrected chi connectivity index (χ4v) is 3.96. The molecule has 0 bridgehead atoms. The van der Waals surface area contributed by atoms with Gasteiger partial charge in [-0.15, -0.1) is 0 Å². The van der Waals surface area contributed by atoms with Crippen LogP contribution in [-0.2, 0) is 4.74 Å². The van der Waals surface area contributed by atoms with Gasteiger partial charge in [0.05, 0.1) is 23.7 Å². The van der Waals surface area contributed by atoms with Gasteiger partial charge in [0.15, 0.2) is 0 Å². The van der Waals surface area contributed by atoms with Crippen molar-refractivity contribution in [1.29, 1.82) is 0 Å². The van der Waals surface area contributed by atoms with E-state index < -0.39 is 0 Å². The molecule has 0 saturated heterocycles. The molecule has 5 rings (SSSR count). The smallest absolute Gasteiger partial charge is 0.278 e. The Morgan fingerprint density at radius 2 is 1.97 bits per heavy atom. The van der Waals surface area contributed by atoms with Crippen molar-refractivity contribution in [3.63, 3.8) is 0 Å². The van der Waals surface area contributed by atoms with Crippen LogP contribution in [0.25, 0.3) is 39.5 Å². The Bertz CT molecular complexity index is 1510. The lowest BCUT2D eigenvalue weighted by Gasteiger charge is -2.18. The monoisotopic (exact) mass is 453 g/mol. The molecular formula is C22H17ClFN5O3. The van der Waals surface area contributed by atoms with Crippen molar-refractivity contribution in [2.24, 2.45) is 0 Å². The van der Waals surface area contributed by atoms with E-state index in [4.69, 9.17) is 20.9 Å². The first-order chi connectivity index (χ1) is 15.5. The Hall–Kier alpha value is -3.56. The van der Waals surface area contributed by atoms with Crippen LogP contribution in [0.5, 0.6) is 0 Å². The van der Waals surface area contributed by atoms with Crippen molar-refractivity contribution < 1.29 is 13.7 Å². The molecule has 0 aliphatic rings. The Balaban J connectivity index is 1.74. The SMILES string of the molecule is COCC(C)n1c(=O)c2c(-c3noc(-c4ccc(F)cc4)n3)ncn2c2ccc(Cl)cc21. The lowest BCUT2D eigenvalue weighted by Crippen LogP contribution is -2.28. The number of benzene rings is 2. The first kappa shape index (κ1) is 20.3. The van der Waals surface area contributed by atoms with Crippen LogP contribution in [0.4, 0.5) is 4.39 Å². The summed E-state index contributed by atoms with van der Waals surface area (Å²) in [5, 5.41) is 4.52. The van der Waals surface area contributed by atoms with Gasteiger partial charge in [-0.3, -0.25) is 13.8 Å². The van der Waals surface area contributed by atoms with Gasteiger partial charge in [-0.1, -0.05) is 16.8 Å². The van der Waals surface area contributed by atoms with Crippen molar-refractivity contribution >= 4 is 28.2 Å². The molecule has 2 aromatic carbocycles. The Kier molecular flexibility index (Phi) is 4.99. The van der Waals surface area contributed by atoms with Crippen molar-refractivity contribution in [3.05, 3.63) is 70.0 Å². The van der Waals surface area contributed by atoms with E-state index in [2.05, 4.69) is 15.1 Å². The molecule has 162 valence electrons. The number of fused-ring (bicyclic) bond motifs is 3. The maximum atomic E-state index is 13.6. The lowest BCUT2D eigenvalue weighted by atomic mass is 10.2. The summed E-state index contributed by atoms with van der Waals surface area (Å²) in [6, 6.07) is 10.7. The highest BCUT2D eigenvalue weighted by molar-refractivity contribution is 6.31. The standard InChI is InChI=1S/C22H17ClFN5O3/c1-12(10-31-2)29-17-9-14(23)5-8-16(17)28-11-25-18(19(28)22(29)30)20-26-21(32-27-20)13-3-6-15(24)7-4-13/h3-9,11-12H,10H2,1-2H3. The van der Waals surface area contributed by atoms with Gasteiger partial charge in [-0.2, -0.15) is 4.98 Å². The van der Waals surface area contributed by atoms with E-state index in [1.54, 1.807) is 34.5 Å². The predicted octanol–water partition coefficient (Wildman–Crippen LogP) is 4.37. The van der Waals surface area contributed by atoms with Crippen LogP contribution in [0.1, 0.15) is 13.0 Å². The summed E-state index contributed by atoms with van der Waals surface area (Å²) < 4.78 is 27.2. The molecular weight excluding hydrogens is 437 g/mol. The van der Waals surface area contributed by atoms with Crippen LogP contribution in [0.15, 0.2) is 58.1 Å². The van der Waals surface area contributed by atoms with E-state index in [-0.39, 0.29) is 34.8 Å². The topological polar surface area (TPSA) is 87.5 Å². The third-order valence-corrected chi connectivity index (χ3v) is 5.46. The summed E-state index contributed by atoms with van der Waals surface area (Å²) in [6.45, 7) is 2.22. The molecule has 1 atom stereocenters. The van der Waals surface area contributed by atoms with E-state index in [1.165, 1.54) is 24.3 Å². The molecule has 0 N–H and O–H groups in total. The maximum Gasteiger partial charge on any atom is 0.278 e. The number of ether oxygens (including phenoxy) is 1. The minimum atomic E-state index is -0.369. The van der Waals surface area contributed by atoms with Crippen molar-refractivity contribution in [2.75, 3.05) is 13.7 Å². The molecule has 0 saturated carbocycles. The molecule has 0 spiro atoms. The second-order valence-corrected chi connectivity index (χ2v) is 7.79. The Morgan fingerprint density at radius 1 is 1.19 bits per heavy atom. The van der Waals surface area contributed by atoms with Gasteiger partial charge in [0, 0.05) is 17.7 Å². The summed E-state index contributed by atoms with van der Waals surface area (Å²) in [4.78, 5) is 22.4. The molecule has 0 aliphatic heterocycles. The highest BCUT2D eigenvalue weighted by atomic mass is 35.5. The number of methoxy groups -OCH3 is 1. The quantitative estimate of drug-likeness (QED) is 0.393. The average molecular weight is 454 g/mol. The summed E-state index contributed by atoms with van der Waals surface area (Å²) in [7, 11) is 1.58. The number of imidazole rings is 1. The first-order valence-electron chi connectivity index (χ1n) is 9.77. The third kappa shape index (κ3) is 3.26. The van der Waals surface area contributed by atoms with E-state index >= 15 is 0 Å². The number of rotatable bonds is 5. The molecule has 0 fully saturated rings. The molecule has 1 unspecified atom stereocenters. The fourth-order valence-electron chi connectivity index (χ4n) is 3.80. The van der Waals surface area contributed by atoms with Crippen LogP contribution >= 0.6 is 11.6 Å². The van der Waals surface area contributed by atoms with Gasteiger partial charge in [-0.25, -0.2) is 9.37 Å². The maximum absolute atomic E-state index is 13.6. The Morgan fingerprint density at radius 3 is 2.72 bits per heavy atom. The van der Waals surface area contributed by atoms with E-state index in [1.807, 2.05) is 13.0 Å². The third-order valence-electron chi connectivity index (χ3n) is 5.22. The van der Waals surface area contributed by atoms with Crippen molar-refractivity contribution in [2.45, 2.75) is 13.0 Å². The lowest BCUT2D eigenvalue weighted by molar-refractivity contribution is 0.162. The number of hydrogen-bond donors (Lipinski definition) is 0. The zero-order valence-electron chi connectivity index (χ0n) is 17.1. The average Bonchev–Trinajstić information content (AvgIpc) is 3.42. The molecule has 32 heavy (non-hydrogen) atoms. The summed E-state index contributed by atoms with van der Waals surface area (Å²) in [5.74, 6) is -0.0173. The second kappa shape index (κ2) is 7.85. The molecule has 0 amide bonds. The highest BCUT2D eigenvalue weighted by Gasteiger charge is 2.23. The summed E-state index contributed by atoms with van der Waals surface area (Å²) in [5.41, 5.74) is 2.25. The predicted molar refractivity (Wildman–Crippen MR) is 117 cm³/mol. The normalized spacial score (nSPS) is 12.6. The van der Waals surface area contributed by atoms with Gasteiger partial charge < -0.3 is 9.26 Å². The Labute approximate surface area is 185 Å². The van der Waals surface area contributed by atoms with Gasteiger partial charge in [-0.05, 0) is 49.4 Å². The van der Waals surface area contributed by atoms with E-state index in [0.29, 0.717) is 28.2 Å². The number of halogens is 2. The molecule has 3 aromatic heterocycles. The summed E-state index contributed by atoms with van der Waals surface area (Å²) >= 11 is 6.22. The van der Waals surface area contributed by atoms with E-state index in [0.717, 1.165) is 5.52 Å². The summed E-state index contributed by atoms with van der Waals surface area (Å²) in [6.07, 6.45) is 1.54. The number of nitrogens with zero attached hydrogens (tertiary/aromatic N) is 5. The molecule has 0 aliphatic carbocycles. The number of hydrogen-bond acceptors (Lipinski definition) is 6. The molecule has 8 nitrogen and oxygen atoms in total. The first-order valence-corrected chi connectivity index (χ1v) is 10.2. The largest absolute Gasteiger partial charge is 0.383 e. The molecule has 3 heterocycles. The van der Waals surface area contributed by atoms with Crippen LogP contribution in [-0.4, -0.2) is 37.8 Å². The minimum Gasteiger partial charge on any atom is -0.383 e. The van der Waals surface area contributed by atoms with Crippen LogP contribution in [0.2, 0.25) is 5.02 Å².